The van der Waals surface area contributed by atoms with Gasteiger partial charge in [0.1, 0.15) is 17.6 Å². The topological polar surface area (TPSA) is 131 Å². The first-order valence-corrected chi connectivity index (χ1v) is 11.1. The van der Waals surface area contributed by atoms with Crippen LogP contribution in [0.25, 0.3) is 0 Å². The molecule has 0 radical (unpaired) electrons. The fourth-order valence-electron chi connectivity index (χ4n) is 3.81. The molecule has 0 aromatic heterocycles. The lowest BCUT2D eigenvalue weighted by Gasteiger charge is -2.34. The number of nitrogens with zero attached hydrogens (tertiary/aromatic N) is 1. The molecule has 9 heteroatoms. The minimum Gasteiger partial charge on any atom is -0.467 e. The van der Waals surface area contributed by atoms with Crippen molar-refractivity contribution in [2.45, 2.75) is 90.9 Å². The van der Waals surface area contributed by atoms with Gasteiger partial charge in [-0.15, -0.1) is 0 Å². The highest BCUT2D eigenvalue weighted by molar-refractivity contribution is 5.96. The van der Waals surface area contributed by atoms with Crippen LogP contribution in [0.15, 0.2) is 0 Å². The van der Waals surface area contributed by atoms with Crippen molar-refractivity contribution in [2.75, 3.05) is 13.7 Å². The van der Waals surface area contributed by atoms with Crippen LogP contribution in [0.5, 0.6) is 0 Å². The van der Waals surface area contributed by atoms with Crippen LogP contribution in [0.2, 0.25) is 0 Å². The van der Waals surface area contributed by atoms with Crippen molar-refractivity contribution >= 4 is 23.7 Å². The van der Waals surface area contributed by atoms with Crippen molar-refractivity contribution in [1.29, 1.82) is 0 Å². The molecule has 0 unspecified atom stereocenters. The lowest BCUT2D eigenvalue weighted by Crippen LogP contribution is -2.61. The summed E-state index contributed by atoms with van der Waals surface area (Å²) in [6, 6.07) is -2.18. The minimum absolute atomic E-state index is 0.176. The average Bonchev–Trinajstić information content (AvgIpc) is 3.14. The number of methoxy groups -OCH3 is 1. The van der Waals surface area contributed by atoms with E-state index >= 15 is 0 Å². The van der Waals surface area contributed by atoms with Gasteiger partial charge in [-0.2, -0.15) is 0 Å². The number of hydrogen-bond donors (Lipinski definition) is 3. The number of likely N-dealkylation sites (tertiary alicyclic amines) is 1. The van der Waals surface area contributed by atoms with Crippen LogP contribution in [-0.4, -0.2) is 65.9 Å². The predicted molar refractivity (Wildman–Crippen MR) is 118 cm³/mol. The van der Waals surface area contributed by atoms with Crippen LogP contribution < -0.4 is 16.4 Å². The number of carbonyl (C=O) groups excluding carboxylic acids is 4. The van der Waals surface area contributed by atoms with Gasteiger partial charge >= 0.3 is 5.97 Å². The minimum atomic E-state index is -1.21. The van der Waals surface area contributed by atoms with E-state index in [-0.39, 0.29) is 23.7 Å². The summed E-state index contributed by atoms with van der Waals surface area (Å²) in [7, 11) is 1.28. The first-order valence-electron chi connectivity index (χ1n) is 11.1. The van der Waals surface area contributed by atoms with E-state index in [1.54, 1.807) is 13.8 Å². The van der Waals surface area contributed by atoms with E-state index in [4.69, 9.17) is 10.5 Å². The van der Waals surface area contributed by atoms with E-state index in [2.05, 4.69) is 10.6 Å². The molecule has 1 aliphatic rings. The van der Waals surface area contributed by atoms with E-state index in [1.807, 2.05) is 27.7 Å². The van der Waals surface area contributed by atoms with Crippen molar-refractivity contribution in [3.63, 3.8) is 0 Å². The van der Waals surface area contributed by atoms with Gasteiger partial charge in [-0.05, 0) is 51.4 Å². The molecule has 1 heterocycles. The van der Waals surface area contributed by atoms with Crippen LogP contribution in [0.1, 0.15) is 67.2 Å². The van der Waals surface area contributed by atoms with Crippen molar-refractivity contribution in [2.24, 2.45) is 17.6 Å². The molecule has 3 atom stereocenters. The number of ether oxygens (including phenoxy) is 1. The Labute approximate surface area is 185 Å². The Morgan fingerprint density at radius 3 is 2.19 bits per heavy atom. The van der Waals surface area contributed by atoms with Crippen molar-refractivity contribution in [1.82, 2.24) is 15.5 Å². The second-order valence-corrected chi connectivity index (χ2v) is 9.72. The molecule has 0 spiro atoms. The van der Waals surface area contributed by atoms with Gasteiger partial charge in [0.15, 0.2) is 0 Å². The summed E-state index contributed by atoms with van der Waals surface area (Å²) < 4.78 is 4.81. The summed E-state index contributed by atoms with van der Waals surface area (Å²) in [5.74, 6) is -1.22. The van der Waals surface area contributed by atoms with Gasteiger partial charge < -0.3 is 26.0 Å². The highest BCUT2D eigenvalue weighted by Gasteiger charge is 2.42. The molecule has 31 heavy (non-hydrogen) atoms. The van der Waals surface area contributed by atoms with Crippen LogP contribution in [0.4, 0.5) is 0 Å². The Morgan fingerprint density at radius 1 is 1.10 bits per heavy atom. The van der Waals surface area contributed by atoms with Crippen LogP contribution in [0, 0.1) is 11.8 Å². The van der Waals surface area contributed by atoms with Gasteiger partial charge in [-0.1, -0.05) is 27.7 Å². The highest BCUT2D eigenvalue weighted by atomic mass is 16.5. The largest absolute Gasteiger partial charge is 0.467 e. The molecule has 1 saturated heterocycles. The Bertz CT molecular complexity index is 662. The Morgan fingerprint density at radius 2 is 1.68 bits per heavy atom. The molecular weight excluding hydrogens is 400 g/mol. The normalized spacial score (nSPS) is 18.6. The second-order valence-electron chi connectivity index (χ2n) is 9.72. The third-order valence-corrected chi connectivity index (χ3v) is 5.36. The Kier molecular flexibility index (Phi) is 9.93. The molecule has 9 nitrogen and oxygen atoms in total. The average molecular weight is 441 g/mol. The Hall–Kier alpha value is -2.16. The third kappa shape index (κ3) is 7.79. The molecule has 1 fully saturated rings. The van der Waals surface area contributed by atoms with Crippen molar-refractivity contribution < 1.29 is 23.9 Å². The van der Waals surface area contributed by atoms with E-state index in [0.29, 0.717) is 32.2 Å². The fraction of sp³-hybridized carbons (Fsp3) is 0.818. The molecule has 0 aromatic carbocycles. The highest BCUT2D eigenvalue weighted by Crippen LogP contribution is 2.22. The van der Waals surface area contributed by atoms with E-state index in [9.17, 15) is 19.2 Å². The molecule has 178 valence electrons. The smallest absolute Gasteiger partial charge is 0.328 e. The van der Waals surface area contributed by atoms with E-state index in [0.717, 1.165) is 0 Å². The van der Waals surface area contributed by atoms with Crippen LogP contribution >= 0.6 is 0 Å². The van der Waals surface area contributed by atoms with Crippen LogP contribution in [0.3, 0.4) is 0 Å². The standard InChI is InChI=1S/C22H40N4O5/c1-13(2)11-15(23)18(27)25-22(5,6)21(30)26-10-8-9-17(26)19(28)24-16(12-14(3)4)20(29)31-7/h13-17H,8-12,23H2,1-7H3,(H,24,28)(H,25,27)/t15-,16-,17-/m0/s1. The summed E-state index contributed by atoms with van der Waals surface area (Å²) in [5, 5.41) is 5.47. The van der Waals surface area contributed by atoms with Gasteiger partial charge in [-0.3, -0.25) is 14.4 Å². The van der Waals surface area contributed by atoms with Crippen molar-refractivity contribution in [3.8, 4) is 0 Å². The maximum atomic E-state index is 13.2. The molecule has 0 aliphatic carbocycles. The third-order valence-electron chi connectivity index (χ3n) is 5.36. The number of esters is 1. The molecule has 0 aromatic rings. The van der Waals surface area contributed by atoms with Gasteiger partial charge in [0.05, 0.1) is 13.2 Å². The fourth-order valence-corrected chi connectivity index (χ4v) is 3.81. The zero-order chi connectivity index (χ0) is 23.9. The van der Waals surface area contributed by atoms with E-state index in [1.165, 1.54) is 12.0 Å². The maximum Gasteiger partial charge on any atom is 0.328 e. The summed E-state index contributed by atoms with van der Waals surface area (Å²) in [6.45, 7) is 11.5. The molecule has 0 bridgehead atoms. The summed E-state index contributed by atoms with van der Waals surface area (Å²) >= 11 is 0. The summed E-state index contributed by atoms with van der Waals surface area (Å²) in [6.07, 6.45) is 2.10. The van der Waals surface area contributed by atoms with Gasteiger partial charge in [0, 0.05) is 6.54 Å². The predicted octanol–water partition coefficient (Wildman–Crippen LogP) is 0.950. The number of carbonyl (C=O) groups is 4. The summed E-state index contributed by atoms with van der Waals surface area (Å²) in [5.41, 5.74) is 4.73. The first-order chi connectivity index (χ1) is 14.3. The first kappa shape index (κ1) is 26.9. The number of amides is 3. The van der Waals surface area contributed by atoms with Gasteiger partial charge in [0.25, 0.3) is 0 Å². The molecule has 4 N–H and O–H groups in total. The number of hydrogen-bond acceptors (Lipinski definition) is 6. The SMILES string of the molecule is COC(=O)[C@H](CC(C)C)NC(=O)[C@@H]1CCCN1C(=O)C(C)(C)NC(=O)[C@@H](N)CC(C)C. The van der Waals surface area contributed by atoms with Crippen LogP contribution in [-0.2, 0) is 23.9 Å². The molecule has 1 rings (SSSR count). The zero-order valence-corrected chi connectivity index (χ0v) is 20.0. The van der Waals surface area contributed by atoms with Gasteiger partial charge in [-0.25, -0.2) is 4.79 Å². The quantitative estimate of drug-likeness (QED) is 0.434. The molecule has 0 saturated carbocycles. The molecular formula is C22H40N4O5. The Balaban J connectivity index is 2.88. The van der Waals surface area contributed by atoms with Crippen molar-refractivity contribution in [3.05, 3.63) is 0 Å². The number of rotatable bonds is 10. The van der Waals surface area contributed by atoms with Gasteiger partial charge in [0.2, 0.25) is 17.7 Å². The molecule has 3 amide bonds. The summed E-state index contributed by atoms with van der Waals surface area (Å²) in [4.78, 5) is 52.1. The maximum absolute atomic E-state index is 13.2. The molecule has 1 aliphatic heterocycles. The number of nitrogens with two attached hydrogens (primary N) is 1. The van der Waals surface area contributed by atoms with E-state index < -0.39 is 35.5 Å². The monoisotopic (exact) mass is 440 g/mol. The number of nitrogens with one attached hydrogen (secondary N) is 2. The second kappa shape index (κ2) is 11.5. The lowest BCUT2D eigenvalue weighted by atomic mass is 9.99. The zero-order valence-electron chi connectivity index (χ0n) is 20.0. The lowest BCUT2D eigenvalue weighted by molar-refractivity contribution is -0.148.